The SMILES string of the molecule is Cc1c(Cl)cccc1NC(=O)Cn1cc(C(=O)c2ccncc2)c(=O)c2cc(Cl)ccc21. The number of pyridine rings is 2. The zero-order chi connectivity index (χ0) is 22.8. The fraction of sp³-hybridized carbons (Fsp3) is 0.0833. The lowest BCUT2D eigenvalue weighted by atomic mass is 10.0. The van der Waals surface area contributed by atoms with Crippen molar-refractivity contribution in [3.63, 3.8) is 0 Å². The predicted octanol–water partition coefficient (Wildman–Crippen LogP) is 4.88. The Labute approximate surface area is 193 Å². The number of halogens is 2. The molecule has 0 atom stereocenters. The summed E-state index contributed by atoms with van der Waals surface area (Å²) in [6.45, 7) is 1.68. The Morgan fingerprint density at radius 1 is 1.06 bits per heavy atom. The quantitative estimate of drug-likeness (QED) is 0.425. The standard InChI is InChI=1S/C24H17Cl2N3O3/c1-14-19(26)3-2-4-20(14)28-22(30)13-29-12-18(23(31)15-7-9-27-10-8-15)24(32)17-11-16(25)5-6-21(17)29/h2-12H,13H2,1H3,(H,28,30). The van der Waals surface area contributed by atoms with Gasteiger partial charge in [0.15, 0.2) is 5.78 Å². The molecule has 0 aliphatic heterocycles. The maximum Gasteiger partial charge on any atom is 0.244 e. The second-order valence-electron chi connectivity index (χ2n) is 7.19. The molecule has 2 aromatic carbocycles. The molecule has 6 nitrogen and oxygen atoms in total. The van der Waals surface area contributed by atoms with Crippen molar-refractivity contribution in [1.82, 2.24) is 9.55 Å². The molecule has 0 saturated heterocycles. The molecule has 2 heterocycles. The third-order valence-corrected chi connectivity index (χ3v) is 5.73. The summed E-state index contributed by atoms with van der Waals surface area (Å²) in [7, 11) is 0. The average molecular weight is 466 g/mol. The maximum absolute atomic E-state index is 13.1. The van der Waals surface area contributed by atoms with Crippen molar-refractivity contribution in [2.24, 2.45) is 0 Å². The van der Waals surface area contributed by atoms with E-state index in [1.165, 1.54) is 36.8 Å². The minimum Gasteiger partial charge on any atom is -0.337 e. The molecule has 8 heteroatoms. The van der Waals surface area contributed by atoms with E-state index in [4.69, 9.17) is 23.2 Å². The second-order valence-corrected chi connectivity index (χ2v) is 8.03. The molecule has 0 saturated carbocycles. The fourth-order valence-corrected chi connectivity index (χ4v) is 3.76. The van der Waals surface area contributed by atoms with Gasteiger partial charge in [-0.05, 0) is 55.0 Å². The number of nitrogens with one attached hydrogen (secondary N) is 1. The highest BCUT2D eigenvalue weighted by Crippen LogP contribution is 2.23. The van der Waals surface area contributed by atoms with Crippen LogP contribution in [0.2, 0.25) is 10.0 Å². The zero-order valence-corrected chi connectivity index (χ0v) is 18.4. The molecule has 0 aliphatic carbocycles. The number of aromatic nitrogens is 2. The van der Waals surface area contributed by atoms with Crippen LogP contribution in [-0.2, 0) is 11.3 Å². The number of amides is 1. The summed E-state index contributed by atoms with van der Waals surface area (Å²) in [5.74, 6) is -0.795. The summed E-state index contributed by atoms with van der Waals surface area (Å²) in [6, 6.07) is 13.1. The van der Waals surface area contributed by atoms with Crippen molar-refractivity contribution in [3.05, 3.63) is 104 Å². The molecule has 1 N–H and O–H groups in total. The summed E-state index contributed by atoms with van der Waals surface area (Å²) in [5, 5.41) is 3.98. The van der Waals surface area contributed by atoms with Gasteiger partial charge in [-0.2, -0.15) is 0 Å². The van der Waals surface area contributed by atoms with E-state index in [2.05, 4.69) is 10.3 Å². The highest BCUT2D eigenvalue weighted by atomic mass is 35.5. The highest BCUT2D eigenvalue weighted by molar-refractivity contribution is 6.32. The van der Waals surface area contributed by atoms with Crippen molar-refractivity contribution >= 4 is 51.5 Å². The van der Waals surface area contributed by atoms with E-state index in [-0.39, 0.29) is 23.4 Å². The van der Waals surface area contributed by atoms with Crippen molar-refractivity contribution in [1.29, 1.82) is 0 Å². The van der Waals surface area contributed by atoms with Crippen LogP contribution in [0.5, 0.6) is 0 Å². The van der Waals surface area contributed by atoms with Crippen LogP contribution in [-0.4, -0.2) is 21.2 Å². The molecule has 0 radical (unpaired) electrons. The van der Waals surface area contributed by atoms with Crippen LogP contribution in [0.4, 0.5) is 5.69 Å². The van der Waals surface area contributed by atoms with E-state index in [9.17, 15) is 14.4 Å². The molecule has 0 aliphatic rings. The van der Waals surface area contributed by atoms with Gasteiger partial charge in [-0.25, -0.2) is 0 Å². The van der Waals surface area contributed by atoms with Crippen LogP contribution in [0.15, 0.2) is 71.9 Å². The van der Waals surface area contributed by atoms with Crippen molar-refractivity contribution in [2.45, 2.75) is 13.5 Å². The van der Waals surface area contributed by atoms with Gasteiger partial charge in [0.25, 0.3) is 0 Å². The Balaban J connectivity index is 1.77. The number of hydrogen-bond acceptors (Lipinski definition) is 4. The number of ketones is 1. The molecule has 0 spiro atoms. The van der Waals surface area contributed by atoms with Crippen molar-refractivity contribution < 1.29 is 9.59 Å². The van der Waals surface area contributed by atoms with E-state index in [1.54, 1.807) is 41.8 Å². The van der Waals surface area contributed by atoms with Crippen LogP contribution in [0.3, 0.4) is 0 Å². The average Bonchev–Trinajstić information content (AvgIpc) is 2.79. The number of rotatable bonds is 5. The van der Waals surface area contributed by atoms with Gasteiger partial charge >= 0.3 is 0 Å². The van der Waals surface area contributed by atoms with Crippen molar-refractivity contribution in [2.75, 3.05) is 5.32 Å². The summed E-state index contributed by atoms with van der Waals surface area (Å²) in [4.78, 5) is 42.8. The third-order valence-electron chi connectivity index (χ3n) is 5.09. The number of benzene rings is 2. The Bertz CT molecular complexity index is 1420. The molecule has 1 amide bonds. The second kappa shape index (κ2) is 8.94. The molecule has 0 unspecified atom stereocenters. The lowest BCUT2D eigenvalue weighted by molar-refractivity contribution is -0.116. The molecular weight excluding hydrogens is 449 g/mol. The first-order valence-electron chi connectivity index (χ1n) is 9.67. The first-order chi connectivity index (χ1) is 15.3. The van der Waals surface area contributed by atoms with Gasteiger partial charge in [-0.3, -0.25) is 19.4 Å². The van der Waals surface area contributed by atoms with Crippen LogP contribution >= 0.6 is 23.2 Å². The molecule has 4 aromatic rings. The number of hydrogen-bond donors (Lipinski definition) is 1. The Morgan fingerprint density at radius 3 is 2.56 bits per heavy atom. The predicted molar refractivity (Wildman–Crippen MR) is 126 cm³/mol. The summed E-state index contributed by atoms with van der Waals surface area (Å²) in [6.07, 6.45) is 4.36. The largest absolute Gasteiger partial charge is 0.337 e. The monoisotopic (exact) mass is 465 g/mol. The third kappa shape index (κ3) is 4.28. The van der Waals surface area contributed by atoms with E-state index < -0.39 is 11.2 Å². The van der Waals surface area contributed by atoms with Crippen LogP contribution < -0.4 is 10.7 Å². The number of carbonyl (C=O) groups is 2. The summed E-state index contributed by atoms with van der Waals surface area (Å²) >= 11 is 12.2. The van der Waals surface area contributed by atoms with E-state index >= 15 is 0 Å². The van der Waals surface area contributed by atoms with Gasteiger partial charge in [-0.1, -0.05) is 29.3 Å². The lowest BCUT2D eigenvalue weighted by Crippen LogP contribution is -2.24. The lowest BCUT2D eigenvalue weighted by Gasteiger charge is -2.15. The van der Waals surface area contributed by atoms with Gasteiger partial charge in [-0.15, -0.1) is 0 Å². The Hall–Kier alpha value is -3.48. The number of nitrogens with zero attached hydrogens (tertiary/aromatic N) is 2. The van der Waals surface area contributed by atoms with Crippen LogP contribution in [0.25, 0.3) is 10.9 Å². The van der Waals surface area contributed by atoms with E-state index in [0.29, 0.717) is 26.8 Å². The summed E-state index contributed by atoms with van der Waals surface area (Å²) < 4.78 is 1.57. The molecule has 0 bridgehead atoms. The van der Waals surface area contributed by atoms with Gasteiger partial charge in [0.2, 0.25) is 11.3 Å². The Morgan fingerprint density at radius 2 is 1.81 bits per heavy atom. The fourth-order valence-electron chi connectivity index (χ4n) is 3.41. The Kier molecular flexibility index (Phi) is 6.08. The smallest absolute Gasteiger partial charge is 0.244 e. The first-order valence-corrected chi connectivity index (χ1v) is 10.4. The maximum atomic E-state index is 13.1. The molecule has 4 rings (SSSR count). The van der Waals surface area contributed by atoms with Crippen LogP contribution in [0.1, 0.15) is 21.5 Å². The minimum atomic E-state index is -0.459. The molecular formula is C24H17Cl2N3O3. The zero-order valence-electron chi connectivity index (χ0n) is 16.9. The van der Waals surface area contributed by atoms with E-state index in [0.717, 1.165) is 5.56 Å². The van der Waals surface area contributed by atoms with Crippen molar-refractivity contribution in [3.8, 4) is 0 Å². The van der Waals surface area contributed by atoms with Gasteiger partial charge < -0.3 is 9.88 Å². The van der Waals surface area contributed by atoms with Crippen LogP contribution in [0, 0.1) is 6.92 Å². The van der Waals surface area contributed by atoms with Gasteiger partial charge in [0, 0.05) is 45.3 Å². The molecule has 160 valence electrons. The van der Waals surface area contributed by atoms with E-state index in [1.807, 2.05) is 0 Å². The topological polar surface area (TPSA) is 81.1 Å². The molecule has 32 heavy (non-hydrogen) atoms. The minimum absolute atomic E-state index is 0.0577. The highest BCUT2D eigenvalue weighted by Gasteiger charge is 2.19. The normalized spacial score (nSPS) is 10.8. The number of carbonyl (C=O) groups excluding carboxylic acids is 2. The summed E-state index contributed by atoms with van der Waals surface area (Å²) in [5.41, 5.74) is 1.63. The number of fused-ring (bicyclic) bond motifs is 1. The first kappa shape index (κ1) is 21.7. The van der Waals surface area contributed by atoms with Gasteiger partial charge in [0.05, 0.1) is 11.1 Å². The van der Waals surface area contributed by atoms with Gasteiger partial charge in [0.1, 0.15) is 6.54 Å². The number of anilines is 1. The molecule has 2 aromatic heterocycles. The molecule has 0 fully saturated rings.